The number of hydrogen-bond donors (Lipinski definition) is 1. The third-order valence-corrected chi connectivity index (χ3v) is 3.73. The van der Waals surface area contributed by atoms with Crippen LogP contribution in [0.3, 0.4) is 0 Å². The fourth-order valence-electron chi connectivity index (χ4n) is 2.55. The van der Waals surface area contributed by atoms with Crippen molar-refractivity contribution in [1.29, 1.82) is 0 Å². The lowest BCUT2D eigenvalue weighted by atomic mass is 10.1. The molecule has 2 heterocycles. The summed E-state index contributed by atoms with van der Waals surface area (Å²) in [6.07, 6.45) is 1.62. The van der Waals surface area contributed by atoms with Crippen molar-refractivity contribution in [3.8, 4) is 11.5 Å². The number of para-hydroxylation sites is 1. The highest BCUT2D eigenvalue weighted by Crippen LogP contribution is 2.33. The summed E-state index contributed by atoms with van der Waals surface area (Å²) in [5.41, 5.74) is 0.446. The van der Waals surface area contributed by atoms with E-state index in [4.69, 9.17) is 14.2 Å². The average molecular weight is 332 g/mol. The van der Waals surface area contributed by atoms with Crippen LogP contribution >= 0.6 is 0 Å². The van der Waals surface area contributed by atoms with Crippen LogP contribution in [-0.2, 0) is 11.3 Å². The van der Waals surface area contributed by atoms with Gasteiger partial charge in [0, 0.05) is 13.7 Å². The number of carbonyl (C=O) groups is 1. The minimum atomic E-state index is -0.308. The van der Waals surface area contributed by atoms with Crippen LogP contribution in [0.4, 0.5) is 0 Å². The number of amides is 1. The van der Waals surface area contributed by atoms with Crippen molar-refractivity contribution in [2.45, 2.75) is 19.5 Å². The molecular formula is C16H20N4O4. The molecule has 1 aliphatic rings. The van der Waals surface area contributed by atoms with Gasteiger partial charge in [-0.1, -0.05) is 6.07 Å². The molecule has 2 aromatic rings. The first-order valence-electron chi connectivity index (χ1n) is 7.77. The smallest absolute Gasteiger partial charge is 0.255 e. The van der Waals surface area contributed by atoms with Crippen LogP contribution in [0.15, 0.2) is 24.5 Å². The van der Waals surface area contributed by atoms with Crippen LogP contribution in [0.5, 0.6) is 11.5 Å². The van der Waals surface area contributed by atoms with E-state index in [0.717, 1.165) is 0 Å². The van der Waals surface area contributed by atoms with E-state index in [0.29, 0.717) is 49.3 Å². The number of hydrogen-bond acceptors (Lipinski definition) is 6. The number of benzene rings is 1. The van der Waals surface area contributed by atoms with Gasteiger partial charge >= 0.3 is 0 Å². The second-order valence-corrected chi connectivity index (χ2v) is 5.40. The first kappa shape index (κ1) is 16.3. The van der Waals surface area contributed by atoms with Gasteiger partial charge in [-0.2, -0.15) is 0 Å². The Kier molecular flexibility index (Phi) is 4.95. The Morgan fingerprint density at radius 3 is 3.08 bits per heavy atom. The number of carbonyl (C=O) groups excluding carboxylic acids is 1. The number of rotatable bonds is 6. The van der Waals surface area contributed by atoms with Gasteiger partial charge in [0.1, 0.15) is 19.5 Å². The number of ether oxygens (including phenoxy) is 3. The highest BCUT2D eigenvalue weighted by molar-refractivity contribution is 5.98. The summed E-state index contributed by atoms with van der Waals surface area (Å²) >= 11 is 0. The normalized spacial score (nSPS) is 14.2. The molecular weight excluding hydrogens is 312 g/mol. The SMILES string of the molecule is COCCn1cnnc1[C@H](C)NC(=O)c1cccc2c1OCCO2. The highest BCUT2D eigenvalue weighted by atomic mass is 16.6. The Bertz CT molecular complexity index is 716. The van der Waals surface area contributed by atoms with Crippen LogP contribution in [0.25, 0.3) is 0 Å². The van der Waals surface area contributed by atoms with E-state index in [-0.39, 0.29) is 11.9 Å². The number of aromatic nitrogens is 3. The number of nitrogens with zero attached hydrogens (tertiary/aromatic N) is 3. The molecule has 1 aliphatic heterocycles. The summed E-state index contributed by atoms with van der Waals surface area (Å²) in [5.74, 6) is 1.49. The van der Waals surface area contributed by atoms with E-state index in [1.807, 2.05) is 11.5 Å². The van der Waals surface area contributed by atoms with Crippen LogP contribution in [0, 0.1) is 0 Å². The minimum absolute atomic E-state index is 0.244. The second kappa shape index (κ2) is 7.31. The Labute approximate surface area is 139 Å². The number of nitrogens with one attached hydrogen (secondary N) is 1. The Hall–Kier alpha value is -2.61. The molecule has 8 nitrogen and oxygen atoms in total. The quantitative estimate of drug-likeness (QED) is 0.855. The summed E-state index contributed by atoms with van der Waals surface area (Å²) < 4.78 is 18.0. The lowest BCUT2D eigenvalue weighted by Gasteiger charge is -2.21. The zero-order valence-corrected chi connectivity index (χ0v) is 13.7. The van der Waals surface area contributed by atoms with Crippen molar-refractivity contribution in [1.82, 2.24) is 20.1 Å². The molecule has 3 rings (SSSR count). The van der Waals surface area contributed by atoms with E-state index in [2.05, 4.69) is 15.5 Å². The number of methoxy groups -OCH3 is 1. The van der Waals surface area contributed by atoms with Gasteiger partial charge in [0.2, 0.25) is 0 Å². The highest BCUT2D eigenvalue weighted by Gasteiger charge is 2.23. The van der Waals surface area contributed by atoms with Gasteiger partial charge in [0.25, 0.3) is 5.91 Å². The zero-order chi connectivity index (χ0) is 16.9. The molecule has 24 heavy (non-hydrogen) atoms. The van der Waals surface area contributed by atoms with Crippen molar-refractivity contribution in [2.24, 2.45) is 0 Å². The molecule has 0 unspecified atom stereocenters. The summed E-state index contributed by atoms with van der Waals surface area (Å²) in [4.78, 5) is 12.6. The number of fused-ring (bicyclic) bond motifs is 1. The van der Waals surface area contributed by atoms with Crippen molar-refractivity contribution in [2.75, 3.05) is 26.9 Å². The molecule has 8 heteroatoms. The maximum absolute atomic E-state index is 12.6. The molecule has 0 bridgehead atoms. The van der Waals surface area contributed by atoms with Crippen LogP contribution in [-0.4, -0.2) is 47.6 Å². The molecule has 0 fully saturated rings. The predicted octanol–water partition coefficient (Wildman–Crippen LogP) is 1.19. The summed E-state index contributed by atoms with van der Waals surface area (Å²) in [6.45, 7) is 3.94. The molecule has 0 aliphatic carbocycles. The topological polar surface area (TPSA) is 87.5 Å². The maximum Gasteiger partial charge on any atom is 0.255 e. The van der Waals surface area contributed by atoms with Crippen LogP contribution in [0.1, 0.15) is 29.1 Å². The third kappa shape index (κ3) is 3.33. The Morgan fingerprint density at radius 2 is 2.25 bits per heavy atom. The average Bonchev–Trinajstić information content (AvgIpc) is 3.08. The van der Waals surface area contributed by atoms with Gasteiger partial charge in [-0.3, -0.25) is 4.79 Å². The molecule has 1 N–H and O–H groups in total. The van der Waals surface area contributed by atoms with E-state index < -0.39 is 0 Å². The summed E-state index contributed by atoms with van der Waals surface area (Å²) in [7, 11) is 1.63. The van der Waals surface area contributed by atoms with Crippen LogP contribution < -0.4 is 14.8 Å². The summed E-state index contributed by atoms with van der Waals surface area (Å²) in [6, 6.07) is 4.97. The van der Waals surface area contributed by atoms with Crippen molar-refractivity contribution < 1.29 is 19.0 Å². The van der Waals surface area contributed by atoms with Gasteiger partial charge in [-0.15, -0.1) is 10.2 Å². The van der Waals surface area contributed by atoms with E-state index in [1.165, 1.54) is 0 Å². The fraction of sp³-hybridized carbons (Fsp3) is 0.438. The second-order valence-electron chi connectivity index (χ2n) is 5.40. The van der Waals surface area contributed by atoms with Crippen molar-refractivity contribution in [3.05, 3.63) is 35.9 Å². The standard InChI is InChI=1S/C16H20N4O4/c1-11(15-19-17-10-20(15)6-7-22-2)18-16(21)12-4-3-5-13-14(12)24-9-8-23-13/h3-5,10-11H,6-9H2,1-2H3,(H,18,21)/t11-/m0/s1. The molecule has 0 saturated carbocycles. The molecule has 1 aromatic heterocycles. The van der Waals surface area contributed by atoms with Crippen molar-refractivity contribution >= 4 is 5.91 Å². The van der Waals surface area contributed by atoms with Gasteiger partial charge < -0.3 is 24.1 Å². The molecule has 0 saturated heterocycles. The monoisotopic (exact) mass is 332 g/mol. The Morgan fingerprint density at radius 1 is 1.42 bits per heavy atom. The van der Waals surface area contributed by atoms with Gasteiger partial charge in [-0.05, 0) is 19.1 Å². The molecule has 1 amide bonds. The Balaban J connectivity index is 1.74. The van der Waals surface area contributed by atoms with Gasteiger partial charge in [-0.25, -0.2) is 0 Å². The van der Waals surface area contributed by atoms with E-state index in [9.17, 15) is 4.79 Å². The first-order chi connectivity index (χ1) is 11.7. The largest absolute Gasteiger partial charge is 0.486 e. The lowest BCUT2D eigenvalue weighted by Crippen LogP contribution is -2.30. The predicted molar refractivity (Wildman–Crippen MR) is 85.2 cm³/mol. The maximum atomic E-state index is 12.6. The molecule has 128 valence electrons. The zero-order valence-electron chi connectivity index (χ0n) is 13.7. The molecule has 1 atom stereocenters. The van der Waals surface area contributed by atoms with Crippen molar-refractivity contribution in [3.63, 3.8) is 0 Å². The summed E-state index contributed by atoms with van der Waals surface area (Å²) in [5, 5.41) is 10.9. The van der Waals surface area contributed by atoms with E-state index in [1.54, 1.807) is 31.6 Å². The van der Waals surface area contributed by atoms with E-state index >= 15 is 0 Å². The van der Waals surface area contributed by atoms with Gasteiger partial charge in [0.15, 0.2) is 17.3 Å². The third-order valence-electron chi connectivity index (χ3n) is 3.73. The first-order valence-corrected chi connectivity index (χ1v) is 7.77. The molecule has 1 aromatic carbocycles. The lowest BCUT2D eigenvalue weighted by molar-refractivity contribution is 0.0926. The molecule has 0 radical (unpaired) electrons. The minimum Gasteiger partial charge on any atom is -0.486 e. The molecule has 0 spiro atoms. The van der Waals surface area contributed by atoms with Gasteiger partial charge in [0.05, 0.1) is 18.2 Å². The fourth-order valence-corrected chi connectivity index (χ4v) is 2.55. The van der Waals surface area contributed by atoms with Crippen LogP contribution in [0.2, 0.25) is 0 Å².